The minimum Gasteiger partial charge on any atom is -0.481 e. The number of hydrogen-bond donors (Lipinski definition) is 2. The number of aromatic nitrogens is 1. The minimum absolute atomic E-state index is 0.151. The molecule has 0 spiro atoms. The van der Waals surface area contributed by atoms with Crippen molar-refractivity contribution in [1.29, 1.82) is 0 Å². The van der Waals surface area contributed by atoms with E-state index in [0.29, 0.717) is 42.0 Å². The summed E-state index contributed by atoms with van der Waals surface area (Å²) in [4.78, 5) is 28.4. The summed E-state index contributed by atoms with van der Waals surface area (Å²) in [6.07, 6.45) is -3.31. The van der Waals surface area contributed by atoms with Gasteiger partial charge in [-0.2, -0.15) is 13.2 Å². The predicted molar refractivity (Wildman–Crippen MR) is 93.5 cm³/mol. The highest BCUT2D eigenvalue weighted by Gasteiger charge is 2.34. The summed E-state index contributed by atoms with van der Waals surface area (Å²) in [6, 6.07) is 5.88. The molecule has 0 aliphatic carbocycles. The Morgan fingerprint density at radius 1 is 1.26 bits per heavy atom. The third-order valence-electron chi connectivity index (χ3n) is 4.24. The van der Waals surface area contributed by atoms with E-state index in [9.17, 15) is 22.8 Å². The van der Waals surface area contributed by atoms with E-state index in [2.05, 4.69) is 10.3 Å². The van der Waals surface area contributed by atoms with Crippen LogP contribution in [0.3, 0.4) is 0 Å². The molecule has 2 heterocycles. The Bertz CT molecular complexity index is 836. The average Bonchev–Trinajstić information content (AvgIpc) is 3.13. The number of halogens is 3. The van der Waals surface area contributed by atoms with Gasteiger partial charge in [-0.25, -0.2) is 9.78 Å². The molecular formula is C17H16F3N3O3S. The fourth-order valence-electron chi connectivity index (χ4n) is 2.83. The molecule has 1 aliphatic heterocycles. The largest absolute Gasteiger partial charge is 0.481 e. The van der Waals surface area contributed by atoms with E-state index >= 15 is 0 Å². The fraction of sp³-hybridized carbons (Fsp3) is 0.353. The number of carboxylic acids is 1. The first-order valence-electron chi connectivity index (χ1n) is 8.16. The highest BCUT2D eigenvalue weighted by molar-refractivity contribution is 7.10. The van der Waals surface area contributed by atoms with E-state index in [1.54, 1.807) is 24.3 Å². The van der Waals surface area contributed by atoms with E-state index in [1.807, 2.05) is 0 Å². The Morgan fingerprint density at radius 2 is 1.96 bits per heavy atom. The van der Waals surface area contributed by atoms with Gasteiger partial charge in [0.05, 0.1) is 11.6 Å². The van der Waals surface area contributed by atoms with Gasteiger partial charge < -0.3 is 15.3 Å². The number of benzene rings is 1. The first-order valence-corrected chi connectivity index (χ1v) is 9.04. The number of anilines is 1. The number of carboxylic acid groups (broad SMARTS) is 1. The molecule has 0 bridgehead atoms. The second-order valence-electron chi connectivity index (χ2n) is 6.17. The van der Waals surface area contributed by atoms with Gasteiger partial charge in [-0.3, -0.25) is 4.79 Å². The molecule has 2 aromatic rings. The molecule has 1 fully saturated rings. The number of piperidine rings is 1. The molecule has 3 rings (SSSR count). The molecule has 1 aromatic carbocycles. The van der Waals surface area contributed by atoms with Crippen LogP contribution in [0.25, 0.3) is 11.3 Å². The highest BCUT2D eigenvalue weighted by atomic mass is 32.1. The average molecular weight is 399 g/mol. The molecule has 2 amide bonds. The van der Waals surface area contributed by atoms with Crippen molar-refractivity contribution in [3.63, 3.8) is 0 Å². The number of rotatable bonds is 3. The second kappa shape index (κ2) is 7.55. The summed E-state index contributed by atoms with van der Waals surface area (Å²) in [5.41, 5.74) is 1.18. The SMILES string of the molecule is O=C(O)C1CCCN(C(=O)Nc2ccc(-c3csc(C(F)(F)F)n3)cc2)C1. The number of carbonyl (C=O) groups excluding carboxylic acids is 1. The lowest BCUT2D eigenvalue weighted by atomic mass is 9.99. The summed E-state index contributed by atoms with van der Waals surface area (Å²) in [6.45, 7) is 0.630. The first-order chi connectivity index (χ1) is 12.7. The molecule has 10 heteroatoms. The Morgan fingerprint density at radius 3 is 2.56 bits per heavy atom. The maximum atomic E-state index is 12.6. The molecule has 6 nitrogen and oxygen atoms in total. The molecule has 1 unspecified atom stereocenters. The number of urea groups is 1. The van der Waals surface area contributed by atoms with Crippen molar-refractivity contribution in [2.24, 2.45) is 5.92 Å². The number of nitrogens with one attached hydrogen (secondary N) is 1. The van der Waals surface area contributed by atoms with Gasteiger partial charge in [-0.15, -0.1) is 11.3 Å². The van der Waals surface area contributed by atoms with Crippen LogP contribution >= 0.6 is 11.3 Å². The van der Waals surface area contributed by atoms with Crippen molar-refractivity contribution in [2.75, 3.05) is 18.4 Å². The van der Waals surface area contributed by atoms with Crippen molar-refractivity contribution in [1.82, 2.24) is 9.88 Å². The lowest BCUT2D eigenvalue weighted by Gasteiger charge is -2.30. The van der Waals surface area contributed by atoms with E-state index < -0.39 is 29.1 Å². The van der Waals surface area contributed by atoms with Crippen molar-refractivity contribution in [3.8, 4) is 11.3 Å². The summed E-state index contributed by atoms with van der Waals surface area (Å²) < 4.78 is 37.9. The number of aliphatic carboxylic acids is 1. The van der Waals surface area contributed by atoms with E-state index in [-0.39, 0.29) is 12.2 Å². The normalized spacial score (nSPS) is 17.6. The lowest BCUT2D eigenvalue weighted by Crippen LogP contribution is -2.44. The topological polar surface area (TPSA) is 82.5 Å². The Kier molecular flexibility index (Phi) is 5.36. The molecule has 144 valence electrons. The van der Waals surface area contributed by atoms with Crippen molar-refractivity contribution in [3.05, 3.63) is 34.7 Å². The molecule has 27 heavy (non-hydrogen) atoms. The number of hydrogen-bond acceptors (Lipinski definition) is 4. The Balaban J connectivity index is 1.64. The van der Waals surface area contributed by atoms with E-state index in [1.165, 1.54) is 10.3 Å². The Labute approximate surface area is 156 Å². The molecular weight excluding hydrogens is 383 g/mol. The maximum Gasteiger partial charge on any atom is 0.443 e. The van der Waals surface area contributed by atoms with Crippen LogP contribution in [0, 0.1) is 5.92 Å². The summed E-state index contributed by atoms with van der Waals surface area (Å²) in [7, 11) is 0. The number of thiazole rings is 1. The van der Waals surface area contributed by atoms with Crippen LogP contribution in [0.4, 0.5) is 23.7 Å². The van der Waals surface area contributed by atoms with Crippen molar-refractivity contribution < 1.29 is 27.9 Å². The quantitative estimate of drug-likeness (QED) is 0.812. The molecule has 1 atom stereocenters. The number of amides is 2. The number of nitrogens with zero attached hydrogens (tertiary/aromatic N) is 2. The second-order valence-corrected chi connectivity index (χ2v) is 7.02. The van der Waals surface area contributed by atoms with Gasteiger partial charge in [-0.05, 0) is 25.0 Å². The zero-order valence-electron chi connectivity index (χ0n) is 14.0. The van der Waals surface area contributed by atoms with Crippen molar-refractivity contribution >= 4 is 29.0 Å². The van der Waals surface area contributed by atoms with Gasteiger partial charge in [0, 0.05) is 29.7 Å². The molecule has 1 aliphatic rings. The number of carbonyl (C=O) groups is 2. The van der Waals surface area contributed by atoms with Gasteiger partial charge in [0.1, 0.15) is 0 Å². The van der Waals surface area contributed by atoms with Crippen LogP contribution < -0.4 is 5.32 Å². The van der Waals surface area contributed by atoms with E-state index in [0.717, 1.165) is 0 Å². The van der Waals surface area contributed by atoms with Gasteiger partial charge in [0.15, 0.2) is 5.01 Å². The molecule has 0 saturated carbocycles. The predicted octanol–water partition coefficient (Wildman–Crippen LogP) is 4.16. The smallest absolute Gasteiger partial charge is 0.443 e. The molecule has 1 aromatic heterocycles. The minimum atomic E-state index is -4.47. The van der Waals surface area contributed by atoms with Crippen LogP contribution in [0.1, 0.15) is 17.8 Å². The van der Waals surface area contributed by atoms with Gasteiger partial charge in [0.2, 0.25) is 0 Å². The van der Waals surface area contributed by atoms with Crippen LogP contribution in [0.15, 0.2) is 29.6 Å². The molecule has 2 N–H and O–H groups in total. The van der Waals surface area contributed by atoms with Crippen LogP contribution in [-0.2, 0) is 11.0 Å². The standard InChI is InChI=1S/C17H16F3N3O3S/c18-17(19,20)15-22-13(9-27-15)10-3-5-12(6-4-10)21-16(26)23-7-1-2-11(8-23)14(24)25/h3-6,9,11H,1-2,7-8H2,(H,21,26)(H,24,25). The summed E-state index contributed by atoms with van der Waals surface area (Å²) in [5.74, 6) is -1.49. The molecule has 1 saturated heterocycles. The maximum absolute atomic E-state index is 12.6. The zero-order chi connectivity index (χ0) is 19.6. The third-order valence-corrected chi connectivity index (χ3v) is 5.12. The number of likely N-dealkylation sites (tertiary alicyclic amines) is 1. The molecule has 0 radical (unpaired) electrons. The van der Waals surface area contributed by atoms with Crippen LogP contribution in [0.5, 0.6) is 0 Å². The van der Waals surface area contributed by atoms with Gasteiger partial charge in [-0.1, -0.05) is 12.1 Å². The van der Waals surface area contributed by atoms with Gasteiger partial charge in [0.25, 0.3) is 0 Å². The first kappa shape index (κ1) is 19.2. The zero-order valence-corrected chi connectivity index (χ0v) is 14.8. The van der Waals surface area contributed by atoms with Gasteiger partial charge >= 0.3 is 18.2 Å². The Hall–Kier alpha value is -2.62. The monoisotopic (exact) mass is 399 g/mol. The van der Waals surface area contributed by atoms with Crippen LogP contribution in [-0.4, -0.2) is 40.1 Å². The third kappa shape index (κ3) is 4.57. The van der Waals surface area contributed by atoms with Crippen LogP contribution in [0.2, 0.25) is 0 Å². The fourth-order valence-corrected chi connectivity index (χ4v) is 3.52. The van der Waals surface area contributed by atoms with E-state index in [4.69, 9.17) is 5.11 Å². The van der Waals surface area contributed by atoms with Crippen molar-refractivity contribution in [2.45, 2.75) is 19.0 Å². The highest BCUT2D eigenvalue weighted by Crippen LogP contribution is 2.34. The number of alkyl halides is 3. The summed E-state index contributed by atoms with van der Waals surface area (Å²) >= 11 is 0.527. The lowest BCUT2D eigenvalue weighted by molar-refractivity contribution is -0.143. The summed E-state index contributed by atoms with van der Waals surface area (Å²) in [5, 5.41) is 12.2.